The molecular formula is C7H15BO3. The van der Waals surface area contributed by atoms with Gasteiger partial charge in [0.2, 0.25) is 0 Å². The van der Waals surface area contributed by atoms with E-state index < -0.39 is 0 Å². The lowest BCUT2D eigenvalue weighted by atomic mass is 9.86. The smallest absolute Gasteiger partial charge is 0.139 e. The molecule has 1 unspecified atom stereocenters. The van der Waals surface area contributed by atoms with Gasteiger partial charge in [-0.15, -0.1) is 0 Å². The normalized spacial score (nSPS) is 44.6. The van der Waals surface area contributed by atoms with Gasteiger partial charge < -0.3 is 14.6 Å². The molecule has 0 saturated carbocycles. The number of hydrogen-bond acceptors (Lipinski definition) is 3. The SMILES string of the molecule is B[C@@H]1O[C@H](COC)C(O)[C@@H]1C. The van der Waals surface area contributed by atoms with Crippen LogP contribution in [-0.4, -0.2) is 44.9 Å². The van der Waals surface area contributed by atoms with Crippen LogP contribution < -0.4 is 0 Å². The molecule has 1 aliphatic rings. The lowest BCUT2D eigenvalue weighted by Crippen LogP contribution is -2.29. The van der Waals surface area contributed by atoms with Gasteiger partial charge in [0, 0.05) is 19.0 Å². The first-order valence-electron chi connectivity index (χ1n) is 3.99. The monoisotopic (exact) mass is 158 g/mol. The second kappa shape index (κ2) is 3.56. The second-order valence-corrected chi connectivity index (χ2v) is 3.18. The van der Waals surface area contributed by atoms with Crippen LogP contribution in [0.25, 0.3) is 0 Å². The molecule has 1 heterocycles. The molecule has 11 heavy (non-hydrogen) atoms. The predicted molar refractivity (Wildman–Crippen MR) is 44.3 cm³/mol. The topological polar surface area (TPSA) is 38.7 Å². The van der Waals surface area contributed by atoms with Gasteiger partial charge in [-0.05, 0) is 0 Å². The van der Waals surface area contributed by atoms with E-state index in [0.717, 1.165) is 0 Å². The summed E-state index contributed by atoms with van der Waals surface area (Å²) in [4.78, 5) is 0. The van der Waals surface area contributed by atoms with E-state index in [-0.39, 0.29) is 24.1 Å². The standard InChI is InChI=1S/C7H15BO3/c1-4-6(9)5(3-10-2)11-7(4)8/h4-7,9H,3,8H2,1-2H3/t4-,5+,6?,7+/m0/s1. The zero-order valence-electron chi connectivity index (χ0n) is 7.28. The van der Waals surface area contributed by atoms with Gasteiger partial charge >= 0.3 is 0 Å². The highest BCUT2D eigenvalue weighted by Crippen LogP contribution is 2.24. The average Bonchev–Trinajstić information content (AvgIpc) is 2.19. The lowest BCUT2D eigenvalue weighted by molar-refractivity contribution is -0.0181. The molecule has 0 aliphatic carbocycles. The first kappa shape index (κ1) is 9.04. The number of hydrogen-bond donors (Lipinski definition) is 1. The number of ether oxygens (including phenoxy) is 2. The highest BCUT2D eigenvalue weighted by Gasteiger charge is 2.37. The summed E-state index contributed by atoms with van der Waals surface area (Å²) >= 11 is 0. The Hall–Kier alpha value is -0.0551. The van der Waals surface area contributed by atoms with E-state index in [4.69, 9.17) is 9.47 Å². The Morgan fingerprint density at radius 2 is 2.27 bits per heavy atom. The van der Waals surface area contributed by atoms with Crippen molar-refractivity contribution in [2.24, 2.45) is 5.92 Å². The minimum absolute atomic E-state index is 0.134. The van der Waals surface area contributed by atoms with Gasteiger partial charge in [-0.3, -0.25) is 0 Å². The number of rotatable bonds is 2. The summed E-state index contributed by atoms with van der Waals surface area (Å²) in [6.45, 7) is 2.47. The number of aliphatic hydroxyl groups excluding tert-OH is 1. The zero-order valence-corrected chi connectivity index (χ0v) is 7.28. The van der Waals surface area contributed by atoms with Crippen LogP contribution in [0.15, 0.2) is 0 Å². The highest BCUT2D eigenvalue weighted by atomic mass is 16.5. The lowest BCUT2D eigenvalue weighted by Gasteiger charge is -2.13. The van der Waals surface area contributed by atoms with Crippen LogP contribution in [0.2, 0.25) is 0 Å². The summed E-state index contributed by atoms with van der Waals surface area (Å²) in [6, 6.07) is 0.144. The van der Waals surface area contributed by atoms with Gasteiger partial charge in [-0.1, -0.05) is 6.92 Å². The van der Waals surface area contributed by atoms with Crippen LogP contribution in [0, 0.1) is 5.92 Å². The average molecular weight is 158 g/mol. The largest absolute Gasteiger partial charge is 0.390 e. The molecule has 1 N–H and O–H groups in total. The van der Waals surface area contributed by atoms with Crippen LogP contribution >= 0.6 is 0 Å². The van der Waals surface area contributed by atoms with Gasteiger partial charge in [-0.2, -0.15) is 0 Å². The van der Waals surface area contributed by atoms with Crippen molar-refractivity contribution in [1.29, 1.82) is 0 Å². The molecule has 0 aromatic carbocycles. The van der Waals surface area contributed by atoms with Gasteiger partial charge in [0.05, 0.1) is 12.7 Å². The van der Waals surface area contributed by atoms with E-state index in [2.05, 4.69) is 0 Å². The fraction of sp³-hybridized carbons (Fsp3) is 1.00. The molecule has 1 fully saturated rings. The van der Waals surface area contributed by atoms with Crippen molar-refractivity contribution >= 4 is 7.85 Å². The van der Waals surface area contributed by atoms with Crippen molar-refractivity contribution in [2.45, 2.75) is 25.1 Å². The Bertz CT molecular complexity index is 131. The highest BCUT2D eigenvalue weighted by molar-refractivity contribution is 6.11. The van der Waals surface area contributed by atoms with Crippen LogP contribution in [0.1, 0.15) is 6.92 Å². The summed E-state index contributed by atoms with van der Waals surface area (Å²) < 4.78 is 10.4. The Morgan fingerprint density at radius 1 is 1.64 bits per heavy atom. The van der Waals surface area contributed by atoms with Crippen LogP contribution in [-0.2, 0) is 9.47 Å². The first-order valence-corrected chi connectivity index (χ1v) is 3.99. The molecule has 1 saturated heterocycles. The first-order chi connectivity index (χ1) is 5.16. The maximum atomic E-state index is 9.55. The molecule has 3 nitrogen and oxygen atoms in total. The third kappa shape index (κ3) is 1.75. The van der Waals surface area contributed by atoms with E-state index in [1.165, 1.54) is 0 Å². The van der Waals surface area contributed by atoms with Crippen molar-refractivity contribution in [3.8, 4) is 0 Å². The van der Waals surface area contributed by atoms with E-state index in [1.807, 2.05) is 14.8 Å². The summed E-state index contributed by atoms with van der Waals surface area (Å²) in [5.74, 6) is 0.218. The van der Waals surface area contributed by atoms with E-state index in [9.17, 15) is 5.11 Å². The molecule has 0 bridgehead atoms. The van der Waals surface area contributed by atoms with Gasteiger partial charge in [0.15, 0.2) is 0 Å². The van der Waals surface area contributed by atoms with Crippen molar-refractivity contribution < 1.29 is 14.6 Å². The minimum Gasteiger partial charge on any atom is -0.390 e. The molecule has 1 aliphatic heterocycles. The fourth-order valence-electron chi connectivity index (χ4n) is 1.40. The predicted octanol–water partition coefficient (Wildman–Crippen LogP) is -1.01. The van der Waals surface area contributed by atoms with Crippen LogP contribution in [0.4, 0.5) is 0 Å². The third-order valence-corrected chi connectivity index (χ3v) is 2.38. The molecule has 0 spiro atoms. The van der Waals surface area contributed by atoms with Crippen molar-refractivity contribution in [1.82, 2.24) is 0 Å². The van der Waals surface area contributed by atoms with Gasteiger partial charge in [0.1, 0.15) is 14.0 Å². The summed E-state index contributed by atoms with van der Waals surface area (Å²) in [7, 11) is 3.59. The van der Waals surface area contributed by atoms with Crippen LogP contribution in [0.3, 0.4) is 0 Å². The van der Waals surface area contributed by atoms with Crippen LogP contribution in [0.5, 0.6) is 0 Å². The zero-order chi connectivity index (χ0) is 8.43. The number of aliphatic hydroxyl groups is 1. The van der Waals surface area contributed by atoms with Crippen molar-refractivity contribution in [2.75, 3.05) is 13.7 Å². The Balaban J connectivity index is 2.45. The van der Waals surface area contributed by atoms with E-state index >= 15 is 0 Å². The van der Waals surface area contributed by atoms with Crippen molar-refractivity contribution in [3.63, 3.8) is 0 Å². The quantitative estimate of drug-likeness (QED) is 0.523. The van der Waals surface area contributed by atoms with E-state index in [1.54, 1.807) is 7.11 Å². The maximum absolute atomic E-state index is 9.55. The fourth-order valence-corrected chi connectivity index (χ4v) is 1.40. The Kier molecular flexibility index (Phi) is 2.93. The summed E-state index contributed by atoms with van der Waals surface area (Å²) in [5.41, 5.74) is 0. The molecular weight excluding hydrogens is 143 g/mol. The molecule has 1 rings (SSSR count). The van der Waals surface area contributed by atoms with Gasteiger partial charge in [0.25, 0.3) is 0 Å². The minimum atomic E-state index is -0.370. The summed E-state index contributed by atoms with van der Waals surface area (Å²) in [6.07, 6.45) is -0.505. The van der Waals surface area contributed by atoms with E-state index in [0.29, 0.717) is 6.61 Å². The Labute approximate surface area is 68.1 Å². The third-order valence-electron chi connectivity index (χ3n) is 2.38. The molecule has 0 radical (unpaired) electrons. The second-order valence-electron chi connectivity index (χ2n) is 3.18. The summed E-state index contributed by atoms with van der Waals surface area (Å²) in [5, 5.41) is 9.55. The molecule has 4 atom stereocenters. The number of methoxy groups -OCH3 is 1. The van der Waals surface area contributed by atoms with Crippen molar-refractivity contribution in [3.05, 3.63) is 0 Å². The maximum Gasteiger partial charge on any atom is 0.139 e. The van der Waals surface area contributed by atoms with Gasteiger partial charge in [-0.25, -0.2) is 0 Å². The molecule has 0 amide bonds. The Morgan fingerprint density at radius 3 is 2.64 bits per heavy atom. The molecule has 64 valence electrons. The molecule has 4 heteroatoms. The molecule has 0 aromatic heterocycles. The molecule has 0 aromatic rings.